The summed E-state index contributed by atoms with van der Waals surface area (Å²) in [5.74, 6) is -7.04. The lowest BCUT2D eigenvalue weighted by atomic mass is 9.95. The third kappa shape index (κ3) is 6.05. The van der Waals surface area contributed by atoms with Gasteiger partial charge in [-0.3, -0.25) is 4.79 Å². The highest BCUT2D eigenvalue weighted by Crippen LogP contribution is 2.17. The van der Waals surface area contributed by atoms with Gasteiger partial charge in [0.1, 0.15) is 5.92 Å². The fourth-order valence-corrected chi connectivity index (χ4v) is 2.85. The van der Waals surface area contributed by atoms with Gasteiger partial charge in [-0.2, -0.15) is 0 Å². The topological polar surface area (TPSA) is 138 Å². The molecule has 0 aliphatic rings. The molecule has 2 aromatic rings. The van der Waals surface area contributed by atoms with E-state index in [9.17, 15) is 34.3 Å². The Morgan fingerprint density at radius 3 is 1.77 bits per heavy atom. The van der Waals surface area contributed by atoms with Crippen LogP contribution in [0, 0.1) is 24.7 Å². The van der Waals surface area contributed by atoms with E-state index in [1.165, 1.54) is 24.3 Å². The second kappa shape index (κ2) is 10.2. The van der Waals surface area contributed by atoms with E-state index >= 15 is 0 Å². The number of rotatable bonds is 9. The van der Waals surface area contributed by atoms with Crippen molar-refractivity contribution in [2.24, 2.45) is 5.92 Å². The third-order valence-electron chi connectivity index (χ3n) is 4.65. The summed E-state index contributed by atoms with van der Waals surface area (Å²) in [5.41, 5.74) is 1.93. The fourth-order valence-electron chi connectivity index (χ4n) is 2.85. The number of hydrogen-bond acceptors (Lipinski definition) is 6. The first-order valence-corrected chi connectivity index (χ1v) is 9.38. The lowest BCUT2D eigenvalue weighted by Crippen LogP contribution is -2.45. The predicted molar refractivity (Wildman–Crippen MR) is 108 cm³/mol. The van der Waals surface area contributed by atoms with Gasteiger partial charge in [-0.25, -0.2) is 14.4 Å². The van der Waals surface area contributed by atoms with Crippen LogP contribution in [-0.2, 0) is 14.3 Å². The summed E-state index contributed by atoms with van der Waals surface area (Å²) in [5, 5.41) is 18.9. The number of carboxylic acids is 2. The number of carbonyl (C=O) groups is 4. The molecule has 2 atom stereocenters. The van der Waals surface area contributed by atoms with Crippen LogP contribution in [0.15, 0.2) is 48.5 Å². The number of amides is 1. The van der Waals surface area contributed by atoms with Gasteiger partial charge < -0.3 is 14.9 Å². The number of benzene rings is 2. The van der Waals surface area contributed by atoms with Gasteiger partial charge in [-0.1, -0.05) is 35.4 Å². The fraction of sp³-hybridized carbons (Fsp3) is 0.273. The lowest BCUT2D eigenvalue weighted by Gasteiger charge is -2.14. The quantitative estimate of drug-likeness (QED) is 0.459. The van der Waals surface area contributed by atoms with Crippen molar-refractivity contribution in [1.82, 2.24) is 0 Å². The first-order chi connectivity index (χ1) is 14.6. The number of carbonyl (C=O) groups excluding carboxylic acids is 2. The van der Waals surface area contributed by atoms with Crippen LogP contribution in [0.25, 0.3) is 0 Å². The van der Waals surface area contributed by atoms with E-state index in [-0.39, 0.29) is 15.9 Å². The summed E-state index contributed by atoms with van der Waals surface area (Å²) in [4.78, 5) is 60.2. The summed E-state index contributed by atoms with van der Waals surface area (Å²) < 4.78 is 4.66. The summed E-state index contributed by atoms with van der Waals surface area (Å²) in [6, 6.07) is 10.1. The van der Waals surface area contributed by atoms with Crippen molar-refractivity contribution in [3.05, 3.63) is 75.7 Å². The molecule has 0 spiro atoms. The zero-order valence-corrected chi connectivity index (χ0v) is 17.0. The average Bonchev–Trinajstić information content (AvgIpc) is 2.72. The molecule has 0 heterocycles. The van der Waals surface area contributed by atoms with Crippen molar-refractivity contribution in [3.8, 4) is 0 Å². The van der Waals surface area contributed by atoms with Crippen molar-refractivity contribution in [1.29, 1.82) is 0 Å². The van der Waals surface area contributed by atoms with E-state index in [1.54, 1.807) is 31.2 Å². The average molecular weight is 428 g/mol. The van der Waals surface area contributed by atoms with E-state index in [0.717, 1.165) is 11.1 Å². The smallest absolute Gasteiger partial charge is 0.466 e. The monoisotopic (exact) mass is 428 g/mol. The Balaban J connectivity index is 2.12. The number of nitroso groups, excluding NO2 is 1. The molecular weight excluding hydrogens is 406 g/mol. The van der Waals surface area contributed by atoms with Crippen LogP contribution in [0.1, 0.15) is 38.3 Å². The van der Waals surface area contributed by atoms with Crippen molar-refractivity contribution in [2.75, 3.05) is 6.61 Å². The molecule has 162 valence electrons. The van der Waals surface area contributed by atoms with Gasteiger partial charge >= 0.3 is 29.9 Å². The van der Waals surface area contributed by atoms with Gasteiger partial charge in [-0.05, 0) is 38.1 Å². The number of esters is 1. The maximum absolute atomic E-state index is 12.5. The molecule has 0 bridgehead atoms. The van der Waals surface area contributed by atoms with Gasteiger partial charge in [0.2, 0.25) is 0 Å². The summed E-state index contributed by atoms with van der Waals surface area (Å²) >= 11 is 0. The van der Waals surface area contributed by atoms with Gasteiger partial charge in [0.15, 0.2) is 0 Å². The molecule has 2 unspecified atom stereocenters. The van der Waals surface area contributed by atoms with Crippen LogP contribution in [-0.4, -0.2) is 51.4 Å². The molecule has 31 heavy (non-hydrogen) atoms. The van der Waals surface area contributed by atoms with E-state index < -0.39 is 48.8 Å². The Morgan fingerprint density at radius 1 is 0.839 bits per heavy atom. The Morgan fingerprint density at radius 2 is 1.32 bits per heavy atom. The molecule has 0 saturated heterocycles. The Bertz CT molecular complexity index is 995. The first kappa shape index (κ1) is 23.4. The number of hydrogen-bond donors (Lipinski definition) is 2. The lowest BCUT2D eigenvalue weighted by molar-refractivity contribution is -0.488. The second-order valence-corrected chi connectivity index (χ2v) is 7.02. The van der Waals surface area contributed by atoms with Crippen molar-refractivity contribution < 1.29 is 38.9 Å². The van der Waals surface area contributed by atoms with Crippen molar-refractivity contribution in [3.63, 3.8) is 0 Å². The van der Waals surface area contributed by atoms with E-state index in [4.69, 9.17) is 4.74 Å². The van der Waals surface area contributed by atoms with Crippen LogP contribution in [0.2, 0.25) is 0 Å². The third-order valence-corrected chi connectivity index (χ3v) is 4.65. The molecule has 2 N–H and O–H groups in total. The minimum Gasteiger partial charge on any atom is -0.481 e. The van der Waals surface area contributed by atoms with Gasteiger partial charge in [0.25, 0.3) is 0 Å². The standard InChI is InChI=1S/C22H21NO8/c1-13-3-7-15(8-4-13)19(24)23(30)18(21(27)28)17(20(25)26)11-12-31-22(29)16-9-5-14(2)6-10-16/h3-10,17-18H,11-12H2,1-2H3,(H-,25,26,27,28)/p+1. The van der Waals surface area contributed by atoms with Crippen LogP contribution >= 0.6 is 0 Å². The molecule has 2 aromatic carbocycles. The Kier molecular flexibility index (Phi) is 7.73. The normalized spacial score (nSPS) is 12.5. The molecule has 0 aliphatic carbocycles. The minimum absolute atomic E-state index is 0.0678. The first-order valence-electron chi connectivity index (χ1n) is 9.38. The highest BCUT2D eigenvalue weighted by atomic mass is 16.5. The van der Waals surface area contributed by atoms with E-state index in [2.05, 4.69) is 0 Å². The van der Waals surface area contributed by atoms with Crippen LogP contribution < -0.4 is 0 Å². The number of ether oxygens (including phenoxy) is 1. The molecule has 0 fully saturated rings. The van der Waals surface area contributed by atoms with Gasteiger partial charge in [-0.15, -0.1) is 0 Å². The van der Waals surface area contributed by atoms with E-state index in [1.807, 2.05) is 6.92 Å². The molecule has 9 heteroatoms. The maximum Gasteiger partial charge on any atom is 0.466 e. The Hall–Kier alpha value is -3.88. The molecule has 2 rings (SSSR count). The molecular formula is C22H22NO8+. The van der Waals surface area contributed by atoms with E-state index in [0.29, 0.717) is 0 Å². The van der Waals surface area contributed by atoms with Gasteiger partial charge in [0.05, 0.1) is 22.5 Å². The van der Waals surface area contributed by atoms with Crippen LogP contribution in [0.5, 0.6) is 0 Å². The molecule has 9 nitrogen and oxygen atoms in total. The highest BCUT2D eigenvalue weighted by Gasteiger charge is 2.49. The summed E-state index contributed by atoms with van der Waals surface area (Å²) in [6.45, 7) is 3.16. The van der Waals surface area contributed by atoms with Crippen molar-refractivity contribution in [2.45, 2.75) is 26.3 Å². The molecule has 1 amide bonds. The molecule has 0 saturated carbocycles. The van der Waals surface area contributed by atoms with Crippen molar-refractivity contribution >= 4 is 23.8 Å². The number of aryl methyl sites for hydroxylation is 2. The Labute approximate surface area is 177 Å². The SMILES string of the molecule is Cc1ccc(C(=O)OCCC(C(=O)O)C(C(=O)O)[N+](=O)C(=O)c2ccc(C)cc2)cc1. The zero-order valence-electron chi connectivity index (χ0n) is 17.0. The van der Waals surface area contributed by atoms with Crippen LogP contribution in [0.3, 0.4) is 0 Å². The summed E-state index contributed by atoms with van der Waals surface area (Å²) in [6.07, 6.45) is -0.468. The summed E-state index contributed by atoms with van der Waals surface area (Å²) in [7, 11) is 0. The second-order valence-electron chi connectivity index (χ2n) is 7.02. The number of carboxylic acid groups (broad SMARTS) is 2. The molecule has 0 aliphatic heterocycles. The predicted octanol–water partition coefficient (Wildman–Crippen LogP) is 2.62. The van der Waals surface area contributed by atoms with Gasteiger partial charge in [0, 0.05) is 11.3 Å². The molecule has 0 aromatic heterocycles. The highest BCUT2D eigenvalue weighted by molar-refractivity contribution is 5.91. The van der Waals surface area contributed by atoms with Crippen LogP contribution in [0.4, 0.5) is 0 Å². The minimum atomic E-state index is -2.19. The molecule has 0 radical (unpaired) electrons. The largest absolute Gasteiger partial charge is 0.481 e. The maximum atomic E-state index is 12.5. The number of nitrogens with zero attached hydrogens (tertiary/aromatic N) is 1. The number of aliphatic carboxylic acids is 2. The zero-order chi connectivity index (χ0) is 23.1.